The minimum absolute atomic E-state index is 0.195. The predicted molar refractivity (Wildman–Crippen MR) is 87.5 cm³/mol. The summed E-state index contributed by atoms with van der Waals surface area (Å²) in [6.07, 6.45) is 3.26. The van der Waals surface area contributed by atoms with Gasteiger partial charge in [-0.2, -0.15) is 0 Å². The Hall–Kier alpha value is -2.14. The fourth-order valence-electron chi connectivity index (χ4n) is 3.20. The van der Waals surface area contributed by atoms with Crippen LogP contribution < -0.4 is 5.63 Å². The minimum atomic E-state index is -0.352. The van der Waals surface area contributed by atoms with E-state index in [1.165, 1.54) is 17.2 Å². The first-order chi connectivity index (χ1) is 11.1. The van der Waals surface area contributed by atoms with Gasteiger partial charge in [-0.1, -0.05) is 0 Å². The van der Waals surface area contributed by atoms with Gasteiger partial charge < -0.3 is 9.15 Å². The zero-order valence-corrected chi connectivity index (χ0v) is 13.6. The minimum Gasteiger partial charge on any atom is -0.465 e. The average molecular weight is 315 g/mol. The van der Waals surface area contributed by atoms with E-state index >= 15 is 0 Å². The Kier molecular flexibility index (Phi) is 4.48. The Morgan fingerprint density at radius 3 is 2.74 bits per heavy atom. The molecule has 0 N–H and O–H groups in total. The van der Waals surface area contributed by atoms with Crippen LogP contribution in [0.2, 0.25) is 0 Å². The van der Waals surface area contributed by atoms with Crippen LogP contribution >= 0.6 is 0 Å². The van der Waals surface area contributed by atoms with Crippen LogP contribution in [0.3, 0.4) is 0 Å². The van der Waals surface area contributed by atoms with Crippen LogP contribution in [0.5, 0.6) is 0 Å². The molecule has 0 radical (unpaired) electrons. The second kappa shape index (κ2) is 6.54. The van der Waals surface area contributed by atoms with Crippen molar-refractivity contribution in [2.45, 2.75) is 32.7 Å². The highest BCUT2D eigenvalue weighted by Gasteiger charge is 2.16. The molecule has 2 aromatic rings. The van der Waals surface area contributed by atoms with Gasteiger partial charge in [-0.3, -0.25) is 9.69 Å². The molecule has 5 heteroatoms. The van der Waals surface area contributed by atoms with Crippen LogP contribution in [-0.2, 0) is 28.9 Å². The van der Waals surface area contributed by atoms with Crippen LogP contribution in [0.4, 0.5) is 0 Å². The lowest BCUT2D eigenvalue weighted by Gasteiger charge is -2.16. The van der Waals surface area contributed by atoms with Crippen molar-refractivity contribution < 1.29 is 13.9 Å². The third-order valence-electron chi connectivity index (χ3n) is 4.19. The number of carbonyl (C=O) groups is 1. The number of nitrogens with zero attached hydrogens (tertiary/aromatic N) is 1. The summed E-state index contributed by atoms with van der Waals surface area (Å²) in [5.74, 6) is -0.261. The molecule has 0 saturated carbocycles. The number of hydrogen-bond acceptors (Lipinski definition) is 5. The smallest absolute Gasteiger partial charge is 0.336 e. The van der Waals surface area contributed by atoms with E-state index < -0.39 is 0 Å². The number of hydrogen-bond donors (Lipinski definition) is 0. The first kappa shape index (κ1) is 15.7. The molecule has 3 rings (SSSR count). The summed E-state index contributed by atoms with van der Waals surface area (Å²) in [7, 11) is 1.84. The van der Waals surface area contributed by atoms with Gasteiger partial charge in [0.25, 0.3) is 0 Å². The first-order valence-electron chi connectivity index (χ1n) is 7.99. The molecule has 0 amide bonds. The molecule has 5 nitrogen and oxygen atoms in total. The van der Waals surface area contributed by atoms with Gasteiger partial charge in [0.15, 0.2) is 0 Å². The highest BCUT2D eigenvalue weighted by atomic mass is 16.5. The molecule has 1 aromatic heterocycles. The number of rotatable bonds is 5. The normalized spacial score (nSPS) is 13.5. The van der Waals surface area contributed by atoms with Gasteiger partial charge in [0.2, 0.25) is 0 Å². The van der Waals surface area contributed by atoms with Gasteiger partial charge >= 0.3 is 11.6 Å². The zero-order chi connectivity index (χ0) is 16.4. The van der Waals surface area contributed by atoms with E-state index in [0.29, 0.717) is 18.7 Å². The lowest BCUT2D eigenvalue weighted by atomic mass is 10.0. The Balaban J connectivity index is 1.90. The number of likely N-dealkylation sites (N-methyl/N-ethyl adjacent to an activating group) is 1. The van der Waals surface area contributed by atoms with Gasteiger partial charge in [-0.05, 0) is 62.1 Å². The van der Waals surface area contributed by atoms with E-state index in [2.05, 4.69) is 6.07 Å². The Morgan fingerprint density at radius 1 is 1.26 bits per heavy atom. The van der Waals surface area contributed by atoms with Crippen LogP contribution in [0.25, 0.3) is 11.0 Å². The third-order valence-corrected chi connectivity index (χ3v) is 4.19. The van der Waals surface area contributed by atoms with Gasteiger partial charge in [-0.25, -0.2) is 4.79 Å². The molecule has 0 aliphatic heterocycles. The van der Waals surface area contributed by atoms with Crippen molar-refractivity contribution in [2.75, 3.05) is 20.2 Å². The maximum absolute atomic E-state index is 11.8. The molecule has 1 heterocycles. The van der Waals surface area contributed by atoms with Gasteiger partial charge in [0, 0.05) is 18.0 Å². The quantitative estimate of drug-likeness (QED) is 0.626. The molecule has 0 unspecified atom stereocenters. The molecule has 122 valence electrons. The number of ether oxygens (including phenoxy) is 1. The molecular weight excluding hydrogens is 294 g/mol. The van der Waals surface area contributed by atoms with E-state index in [-0.39, 0.29) is 18.1 Å². The first-order valence-corrected chi connectivity index (χ1v) is 7.99. The molecule has 0 bridgehead atoms. The van der Waals surface area contributed by atoms with E-state index in [1.807, 2.05) is 18.0 Å². The monoisotopic (exact) mass is 315 g/mol. The molecule has 0 spiro atoms. The molecule has 1 aromatic carbocycles. The van der Waals surface area contributed by atoms with E-state index in [1.54, 1.807) is 6.92 Å². The van der Waals surface area contributed by atoms with Gasteiger partial charge in [-0.15, -0.1) is 0 Å². The second-order valence-corrected chi connectivity index (χ2v) is 6.04. The third kappa shape index (κ3) is 3.45. The zero-order valence-electron chi connectivity index (χ0n) is 13.6. The highest BCUT2D eigenvalue weighted by molar-refractivity contribution is 5.82. The van der Waals surface area contributed by atoms with Gasteiger partial charge in [0.1, 0.15) is 5.58 Å². The lowest BCUT2D eigenvalue weighted by Crippen LogP contribution is -2.27. The maximum Gasteiger partial charge on any atom is 0.336 e. The predicted octanol–water partition coefficient (Wildman–Crippen LogP) is 2.28. The number of aryl methyl sites for hydroxylation is 2. The Bertz CT molecular complexity index is 793. The number of fused-ring (bicyclic) bond motifs is 2. The van der Waals surface area contributed by atoms with Crippen molar-refractivity contribution in [3.63, 3.8) is 0 Å². The molecule has 0 fully saturated rings. The molecule has 0 saturated heterocycles. The van der Waals surface area contributed by atoms with E-state index in [4.69, 9.17) is 9.15 Å². The summed E-state index contributed by atoms with van der Waals surface area (Å²) >= 11 is 0. The topological polar surface area (TPSA) is 59.8 Å². The molecule has 1 aliphatic carbocycles. The van der Waals surface area contributed by atoms with Crippen LogP contribution in [0, 0.1) is 0 Å². The molecule has 0 atom stereocenters. The summed E-state index contributed by atoms with van der Waals surface area (Å²) in [4.78, 5) is 25.3. The summed E-state index contributed by atoms with van der Waals surface area (Å²) in [6, 6.07) is 5.65. The largest absolute Gasteiger partial charge is 0.465 e. The van der Waals surface area contributed by atoms with Crippen molar-refractivity contribution >= 4 is 16.9 Å². The van der Waals surface area contributed by atoms with Gasteiger partial charge in [0.05, 0.1) is 13.2 Å². The number of benzene rings is 1. The maximum atomic E-state index is 11.8. The van der Waals surface area contributed by atoms with Crippen molar-refractivity contribution in [3.8, 4) is 0 Å². The number of esters is 1. The summed E-state index contributed by atoms with van der Waals surface area (Å²) in [6.45, 7) is 2.85. The van der Waals surface area contributed by atoms with Crippen LogP contribution in [0.15, 0.2) is 27.4 Å². The van der Waals surface area contributed by atoms with Crippen molar-refractivity contribution in [1.29, 1.82) is 0 Å². The Labute approximate surface area is 134 Å². The second-order valence-electron chi connectivity index (χ2n) is 6.04. The summed E-state index contributed by atoms with van der Waals surface area (Å²) < 4.78 is 10.3. The number of carbonyl (C=O) groups excluding carboxylic acids is 1. The molecular formula is C18H21NO4. The highest BCUT2D eigenvalue weighted by Crippen LogP contribution is 2.28. The van der Waals surface area contributed by atoms with E-state index in [9.17, 15) is 9.59 Å². The average Bonchev–Trinajstić information content (AvgIpc) is 2.92. The molecule has 23 heavy (non-hydrogen) atoms. The standard InChI is InChI=1S/C18H21NO4/c1-3-22-18(21)11-19(2)10-14-9-17(20)23-16-8-13-6-4-5-12(13)7-15(14)16/h7-9H,3-6,10-11H2,1-2H3. The molecule has 1 aliphatic rings. The van der Waals surface area contributed by atoms with Crippen molar-refractivity contribution in [3.05, 3.63) is 45.3 Å². The summed E-state index contributed by atoms with van der Waals surface area (Å²) in [5, 5.41) is 0.959. The van der Waals surface area contributed by atoms with Crippen LogP contribution in [0.1, 0.15) is 30.0 Å². The lowest BCUT2D eigenvalue weighted by molar-refractivity contribution is -0.144. The van der Waals surface area contributed by atoms with Crippen LogP contribution in [-0.4, -0.2) is 31.1 Å². The van der Waals surface area contributed by atoms with Crippen molar-refractivity contribution in [2.24, 2.45) is 0 Å². The Morgan fingerprint density at radius 2 is 2.00 bits per heavy atom. The fraction of sp³-hybridized carbons (Fsp3) is 0.444. The van der Waals surface area contributed by atoms with E-state index in [0.717, 1.165) is 30.2 Å². The van der Waals surface area contributed by atoms with Crippen molar-refractivity contribution in [1.82, 2.24) is 4.90 Å². The SMILES string of the molecule is CCOC(=O)CN(C)Cc1cc(=O)oc2cc3c(cc12)CCC3. The summed E-state index contributed by atoms with van der Waals surface area (Å²) in [5.41, 5.74) is 3.78. The fourth-order valence-corrected chi connectivity index (χ4v) is 3.20.